The van der Waals surface area contributed by atoms with Gasteiger partial charge >= 0.3 is 0 Å². The molecule has 0 bridgehead atoms. The molecule has 0 aliphatic carbocycles. The lowest BCUT2D eigenvalue weighted by atomic mass is 10.0. The Hall–Kier alpha value is -0.0400. The van der Waals surface area contributed by atoms with Crippen molar-refractivity contribution in [1.29, 1.82) is 0 Å². The van der Waals surface area contributed by atoms with Gasteiger partial charge in [-0.15, -0.1) is 0 Å². The summed E-state index contributed by atoms with van der Waals surface area (Å²) in [6, 6.07) is 0. The highest BCUT2D eigenvalue weighted by Crippen LogP contribution is 2.06. The minimum Gasteiger partial charge on any atom is -0.316 e. The van der Waals surface area contributed by atoms with Crippen LogP contribution >= 0.6 is 0 Å². The number of hydrogen-bond acceptors (Lipinski definition) is 1. The molecule has 0 aromatic carbocycles. The predicted molar refractivity (Wildman–Crippen MR) is 56.1 cm³/mol. The molecular weight excluding hydrogens is 146 g/mol. The molecule has 1 atom stereocenters. The van der Waals surface area contributed by atoms with E-state index in [0.29, 0.717) is 0 Å². The Morgan fingerprint density at radius 3 is 2.58 bits per heavy atom. The van der Waals surface area contributed by atoms with E-state index in [1.807, 2.05) is 0 Å². The van der Waals surface area contributed by atoms with Gasteiger partial charge in [-0.25, -0.2) is 0 Å². The molecule has 0 aliphatic rings. The molecule has 1 N–H and O–H groups in total. The summed E-state index contributed by atoms with van der Waals surface area (Å²) in [7, 11) is 0. The molecule has 0 aromatic rings. The molecule has 0 saturated carbocycles. The van der Waals surface area contributed by atoms with Crippen LogP contribution in [-0.4, -0.2) is 13.1 Å². The van der Waals surface area contributed by atoms with Crippen LogP contribution in [-0.2, 0) is 0 Å². The summed E-state index contributed by atoms with van der Waals surface area (Å²) in [5.41, 5.74) is 0. The maximum atomic E-state index is 3.44. The lowest BCUT2D eigenvalue weighted by Crippen LogP contribution is -2.21. The zero-order valence-electron chi connectivity index (χ0n) is 8.90. The molecule has 12 heavy (non-hydrogen) atoms. The fourth-order valence-corrected chi connectivity index (χ4v) is 1.22. The van der Waals surface area contributed by atoms with Crippen LogP contribution in [0, 0.1) is 12.3 Å². The van der Waals surface area contributed by atoms with Crippen LogP contribution < -0.4 is 5.32 Å². The second-order valence-electron chi connectivity index (χ2n) is 3.62. The van der Waals surface area contributed by atoms with Crippen molar-refractivity contribution in [2.75, 3.05) is 13.1 Å². The summed E-state index contributed by atoms with van der Waals surface area (Å²) in [4.78, 5) is 0. The van der Waals surface area contributed by atoms with Gasteiger partial charge in [-0.1, -0.05) is 33.6 Å². The maximum Gasteiger partial charge on any atom is -0.00231 e. The highest BCUT2D eigenvalue weighted by molar-refractivity contribution is 4.69. The molecular formula is C11H24N. The van der Waals surface area contributed by atoms with Crippen LogP contribution in [0.3, 0.4) is 0 Å². The van der Waals surface area contributed by atoms with E-state index in [4.69, 9.17) is 0 Å². The topological polar surface area (TPSA) is 12.0 Å². The summed E-state index contributed by atoms with van der Waals surface area (Å²) in [6.07, 6.45) is 7.49. The summed E-state index contributed by atoms with van der Waals surface area (Å²) in [6.45, 7) is 9.10. The molecule has 1 radical (unpaired) electrons. The third-order valence-corrected chi connectivity index (χ3v) is 1.98. The molecule has 0 spiro atoms. The normalized spacial score (nSPS) is 13.2. The van der Waals surface area contributed by atoms with Crippen molar-refractivity contribution in [3.63, 3.8) is 0 Å². The Balaban J connectivity index is 3.04. The van der Waals surface area contributed by atoms with E-state index in [1.165, 1.54) is 32.2 Å². The minimum absolute atomic E-state index is 0.808. The van der Waals surface area contributed by atoms with Crippen LogP contribution in [0.15, 0.2) is 0 Å². The van der Waals surface area contributed by atoms with E-state index in [2.05, 4.69) is 32.5 Å². The van der Waals surface area contributed by atoms with Crippen molar-refractivity contribution in [1.82, 2.24) is 5.32 Å². The zero-order valence-corrected chi connectivity index (χ0v) is 8.90. The first-order valence-corrected chi connectivity index (χ1v) is 5.33. The number of hydrogen-bond donors (Lipinski definition) is 1. The fourth-order valence-electron chi connectivity index (χ4n) is 1.22. The molecule has 1 unspecified atom stereocenters. The second kappa shape index (κ2) is 9.05. The maximum absolute atomic E-state index is 3.44. The molecule has 0 amide bonds. The summed E-state index contributed by atoms with van der Waals surface area (Å²) < 4.78 is 0. The van der Waals surface area contributed by atoms with Gasteiger partial charge in [0.15, 0.2) is 0 Å². The van der Waals surface area contributed by atoms with Gasteiger partial charge in [-0.2, -0.15) is 0 Å². The first-order chi connectivity index (χ1) is 5.81. The monoisotopic (exact) mass is 170 g/mol. The molecule has 1 heteroatoms. The van der Waals surface area contributed by atoms with Crippen molar-refractivity contribution >= 4 is 0 Å². The predicted octanol–water partition coefficient (Wildman–Crippen LogP) is 3.02. The zero-order chi connectivity index (χ0) is 9.23. The van der Waals surface area contributed by atoms with Crippen LogP contribution in [0.4, 0.5) is 0 Å². The molecule has 73 valence electrons. The third-order valence-electron chi connectivity index (χ3n) is 1.98. The Morgan fingerprint density at radius 2 is 2.00 bits per heavy atom. The lowest BCUT2D eigenvalue weighted by Gasteiger charge is -2.11. The van der Waals surface area contributed by atoms with Crippen LogP contribution in [0.2, 0.25) is 0 Å². The van der Waals surface area contributed by atoms with Crippen molar-refractivity contribution in [3.8, 4) is 0 Å². The fraction of sp³-hybridized carbons (Fsp3) is 0.909. The van der Waals surface area contributed by atoms with Gasteiger partial charge in [0, 0.05) is 0 Å². The van der Waals surface area contributed by atoms with E-state index in [-0.39, 0.29) is 0 Å². The second-order valence-corrected chi connectivity index (χ2v) is 3.62. The Labute approximate surface area is 77.9 Å². The summed E-state index contributed by atoms with van der Waals surface area (Å²) >= 11 is 0. The van der Waals surface area contributed by atoms with E-state index in [9.17, 15) is 0 Å². The van der Waals surface area contributed by atoms with Gasteiger partial charge in [-0.3, -0.25) is 0 Å². The van der Waals surface area contributed by atoms with Gasteiger partial charge in [0.25, 0.3) is 0 Å². The Morgan fingerprint density at radius 1 is 1.25 bits per heavy atom. The third kappa shape index (κ3) is 8.06. The van der Waals surface area contributed by atoms with Crippen LogP contribution in [0.5, 0.6) is 0 Å². The Bertz CT molecular complexity index is 71.1. The lowest BCUT2D eigenvalue weighted by molar-refractivity contribution is 0.500. The van der Waals surface area contributed by atoms with Gasteiger partial charge in [0.1, 0.15) is 0 Å². The average Bonchev–Trinajstić information content (AvgIpc) is 2.06. The minimum atomic E-state index is 0.808. The molecule has 0 fully saturated rings. The first kappa shape index (κ1) is 12.0. The standard InChI is InChI=1S/C11H24N/c1-4-6-7-8-11(3)10-12-9-5-2/h7,11-12H,4-6,8-10H2,1-3H3. The molecule has 0 rings (SSSR count). The molecule has 0 aliphatic heterocycles. The quantitative estimate of drug-likeness (QED) is 0.552. The van der Waals surface area contributed by atoms with Crippen molar-refractivity contribution in [2.45, 2.75) is 46.5 Å². The van der Waals surface area contributed by atoms with Crippen molar-refractivity contribution in [2.24, 2.45) is 5.92 Å². The molecule has 1 nitrogen and oxygen atoms in total. The molecule has 0 heterocycles. The first-order valence-electron chi connectivity index (χ1n) is 5.33. The summed E-state index contributed by atoms with van der Waals surface area (Å²) in [5, 5.41) is 3.44. The van der Waals surface area contributed by atoms with E-state index < -0.39 is 0 Å². The number of nitrogens with one attached hydrogen (secondary N) is 1. The average molecular weight is 170 g/mol. The van der Waals surface area contributed by atoms with E-state index in [1.54, 1.807) is 0 Å². The van der Waals surface area contributed by atoms with Crippen LogP contribution in [0.25, 0.3) is 0 Å². The molecule has 0 aromatic heterocycles. The highest BCUT2D eigenvalue weighted by Gasteiger charge is 1.99. The van der Waals surface area contributed by atoms with Gasteiger partial charge in [-0.05, 0) is 38.3 Å². The van der Waals surface area contributed by atoms with Gasteiger partial charge in [0.2, 0.25) is 0 Å². The smallest absolute Gasteiger partial charge is 0.00231 e. The van der Waals surface area contributed by atoms with Crippen molar-refractivity contribution < 1.29 is 0 Å². The number of unbranched alkanes of at least 4 members (excludes halogenated alkanes) is 2. The van der Waals surface area contributed by atoms with Crippen LogP contribution in [0.1, 0.15) is 46.5 Å². The SMILES string of the molecule is CCC[CH]CC(C)CNCCC. The van der Waals surface area contributed by atoms with Gasteiger partial charge < -0.3 is 5.32 Å². The van der Waals surface area contributed by atoms with Gasteiger partial charge in [0.05, 0.1) is 0 Å². The molecule has 0 saturated heterocycles. The Kier molecular flexibility index (Phi) is 9.02. The van der Waals surface area contributed by atoms with E-state index in [0.717, 1.165) is 12.5 Å². The highest BCUT2D eigenvalue weighted by atomic mass is 14.8. The number of rotatable bonds is 8. The van der Waals surface area contributed by atoms with E-state index >= 15 is 0 Å². The van der Waals surface area contributed by atoms with Crippen molar-refractivity contribution in [3.05, 3.63) is 6.42 Å². The summed E-state index contributed by atoms with van der Waals surface area (Å²) in [5.74, 6) is 0.808. The largest absolute Gasteiger partial charge is 0.316 e.